The first kappa shape index (κ1) is 12.5. The Kier molecular flexibility index (Phi) is 3.32. The summed E-state index contributed by atoms with van der Waals surface area (Å²) in [6.07, 6.45) is 0. The summed E-state index contributed by atoms with van der Waals surface area (Å²) >= 11 is 0. The third-order valence-electron chi connectivity index (χ3n) is 2.93. The maximum atomic E-state index is 12.3. The van der Waals surface area contributed by atoms with Crippen molar-refractivity contribution in [3.05, 3.63) is 29.5 Å². The molecule has 0 spiro atoms. The van der Waals surface area contributed by atoms with Gasteiger partial charge in [-0.2, -0.15) is 8.78 Å². The number of pyridine rings is 1. The SMILES string of the molecule is CNc1c(C)c(C)nc2c(OC(F)F)cccc12. The molecule has 0 atom stereocenters. The Balaban J connectivity index is 2.74. The van der Waals surface area contributed by atoms with Crippen LogP contribution in [-0.2, 0) is 0 Å². The standard InChI is InChI=1S/C13H14F2N2O/c1-7-8(2)17-12-9(11(7)16-3)5-4-6-10(12)18-13(14)15/h4-6,13H,1-3H3,(H,16,17). The fourth-order valence-corrected chi connectivity index (χ4v) is 1.99. The summed E-state index contributed by atoms with van der Waals surface area (Å²) in [5.41, 5.74) is 3.12. The van der Waals surface area contributed by atoms with E-state index >= 15 is 0 Å². The molecule has 3 nitrogen and oxygen atoms in total. The molecule has 0 aliphatic rings. The minimum absolute atomic E-state index is 0.0992. The maximum absolute atomic E-state index is 12.3. The molecule has 1 aromatic heterocycles. The number of alkyl halides is 2. The van der Waals surface area contributed by atoms with Crippen molar-refractivity contribution < 1.29 is 13.5 Å². The zero-order valence-corrected chi connectivity index (χ0v) is 10.4. The molecule has 18 heavy (non-hydrogen) atoms. The number of nitrogens with one attached hydrogen (secondary N) is 1. The van der Waals surface area contributed by atoms with Crippen molar-refractivity contribution in [2.75, 3.05) is 12.4 Å². The first-order valence-corrected chi connectivity index (χ1v) is 5.57. The summed E-state index contributed by atoms with van der Waals surface area (Å²) in [6, 6.07) is 5.01. The van der Waals surface area contributed by atoms with E-state index in [9.17, 15) is 8.78 Å². The molecule has 0 bridgehead atoms. The van der Waals surface area contributed by atoms with Crippen molar-refractivity contribution >= 4 is 16.6 Å². The normalized spacial score (nSPS) is 11.0. The summed E-state index contributed by atoms with van der Waals surface area (Å²) in [5, 5.41) is 3.85. The van der Waals surface area contributed by atoms with Crippen molar-refractivity contribution in [2.45, 2.75) is 20.5 Å². The number of anilines is 1. The van der Waals surface area contributed by atoms with Crippen LogP contribution in [0.25, 0.3) is 10.9 Å². The number of aromatic nitrogens is 1. The Morgan fingerprint density at radius 2 is 2.00 bits per heavy atom. The summed E-state index contributed by atoms with van der Waals surface area (Å²) in [5.74, 6) is 0.0992. The lowest BCUT2D eigenvalue weighted by Crippen LogP contribution is -2.04. The molecule has 2 rings (SSSR count). The third-order valence-corrected chi connectivity index (χ3v) is 2.93. The molecule has 0 radical (unpaired) electrons. The smallest absolute Gasteiger partial charge is 0.387 e. The highest BCUT2D eigenvalue weighted by Crippen LogP contribution is 2.33. The van der Waals surface area contributed by atoms with Gasteiger partial charge in [0.1, 0.15) is 5.52 Å². The Labute approximate surface area is 104 Å². The number of nitrogens with zero attached hydrogens (tertiary/aromatic N) is 1. The van der Waals surface area contributed by atoms with Crippen LogP contribution in [0.4, 0.5) is 14.5 Å². The number of benzene rings is 1. The van der Waals surface area contributed by atoms with Gasteiger partial charge < -0.3 is 10.1 Å². The van der Waals surface area contributed by atoms with Crippen LogP contribution in [0.1, 0.15) is 11.3 Å². The van der Waals surface area contributed by atoms with Gasteiger partial charge in [0.2, 0.25) is 0 Å². The Hall–Kier alpha value is -1.91. The van der Waals surface area contributed by atoms with Gasteiger partial charge in [0.05, 0.1) is 0 Å². The first-order chi connectivity index (χ1) is 8.54. The third kappa shape index (κ3) is 2.08. The second-order valence-electron chi connectivity index (χ2n) is 3.98. The van der Waals surface area contributed by atoms with Crippen LogP contribution < -0.4 is 10.1 Å². The summed E-state index contributed by atoms with van der Waals surface area (Å²) < 4.78 is 29.2. The number of para-hydroxylation sites is 1. The molecule has 1 N–H and O–H groups in total. The van der Waals surface area contributed by atoms with Crippen LogP contribution in [0.5, 0.6) is 5.75 Å². The fourth-order valence-electron chi connectivity index (χ4n) is 1.99. The molecule has 1 aromatic carbocycles. The highest BCUT2D eigenvalue weighted by molar-refractivity contribution is 5.96. The Bertz CT molecular complexity index is 585. The van der Waals surface area contributed by atoms with Crippen molar-refractivity contribution in [3.63, 3.8) is 0 Å². The van der Waals surface area contributed by atoms with Gasteiger partial charge in [-0.05, 0) is 25.5 Å². The highest BCUT2D eigenvalue weighted by atomic mass is 19.3. The van der Waals surface area contributed by atoms with Crippen molar-refractivity contribution in [2.24, 2.45) is 0 Å². The lowest BCUT2D eigenvalue weighted by atomic mass is 10.1. The van der Waals surface area contributed by atoms with E-state index in [0.29, 0.717) is 5.52 Å². The van der Waals surface area contributed by atoms with Crippen LogP contribution in [0.2, 0.25) is 0 Å². The number of hydrogen-bond acceptors (Lipinski definition) is 3. The molecule has 0 fully saturated rings. The van der Waals surface area contributed by atoms with Gasteiger partial charge in [0.25, 0.3) is 0 Å². The molecule has 0 aliphatic carbocycles. The number of rotatable bonds is 3. The van der Waals surface area contributed by atoms with E-state index in [2.05, 4.69) is 15.0 Å². The first-order valence-electron chi connectivity index (χ1n) is 5.57. The average Bonchev–Trinajstić information content (AvgIpc) is 2.31. The van der Waals surface area contributed by atoms with E-state index in [1.807, 2.05) is 19.9 Å². The fraction of sp³-hybridized carbons (Fsp3) is 0.308. The largest absolute Gasteiger partial charge is 0.432 e. The number of ether oxygens (including phenoxy) is 1. The van der Waals surface area contributed by atoms with E-state index in [4.69, 9.17) is 0 Å². The van der Waals surface area contributed by atoms with Crippen LogP contribution >= 0.6 is 0 Å². The topological polar surface area (TPSA) is 34.2 Å². The minimum atomic E-state index is -2.85. The van der Waals surface area contributed by atoms with Gasteiger partial charge in [-0.15, -0.1) is 0 Å². The van der Waals surface area contributed by atoms with Gasteiger partial charge >= 0.3 is 6.61 Å². The molecule has 0 aliphatic heterocycles. The number of halogens is 2. The number of aryl methyl sites for hydroxylation is 1. The van der Waals surface area contributed by atoms with E-state index in [1.54, 1.807) is 13.1 Å². The second kappa shape index (κ2) is 4.76. The van der Waals surface area contributed by atoms with Gasteiger partial charge in [-0.1, -0.05) is 12.1 Å². The van der Waals surface area contributed by atoms with Crippen LogP contribution in [-0.4, -0.2) is 18.6 Å². The van der Waals surface area contributed by atoms with Crippen LogP contribution in [0, 0.1) is 13.8 Å². The zero-order valence-electron chi connectivity index (χ0n) is 10.4. The summed E-state index contributed by atoms with van der Waals surface area (Å²) in [7, 11) is 1.79. The van der Waals surface area contributed by atoms with Gasteiger partial charge in [-0.25, -0.2) is 4.98 Å². The monoisotopic (exact) mass is 252 g/mol. The lowest BCUT2D eigenvalue weighted by molar-refractivity contribution is -0.0489. The molecule has 0 amide bonds. The molecule has 0 saturated heterocycles. The summed E-state index contributed by atoms with van der Waals surface area (Å²) in [4.78, 5) is 4.34. The van der Waals surface area contributed by atoms with Gasteiger partial charge in [-0.3, -0.25) is 0 Å². The van der Waals surface area contributed by atoms with E-state index < -0.39 is 6.61 Å². The lowest BCUT2D eigenvalue weighted by Gasteiger charge is -2.14. The van der Waals surface area contributed by atoms with Gasteiger partial charge in [0, 0.05) is 23.8 Å². The minimum Gasteiger partial charge on any atom is -0.432 e. The van der Waals surface area contributed by atoms with Crippen molar-refractivity contribution in [3.8, 4) is 5.75 Å². The van der Waals surface area contributed by atoms with E-state index in [1.165, 1.54) is 6.07 Å². The van der Waals surface area contributed by atoms with Crippen molar-refractivity contribution in [1.82, 2.24) is 4.98 Å². The highest BCUT2D eigenvalue weighted by Gasteiger charge is 2.14. The molecule has 0 saturated carbocycles. The maximum Gasteiger partial charge on any atom is 0.387 e. The molecular weight excluding hydrogens is 238 g/mol. The Morgan fingerprint density at radius 1 is 1.28 bits per heavy atom. The molecule has 96 valence electrons. The number of hydrogen-bond donors (Lipinski definition) is 1. The molecular formula is C13H14F2N2O. The molecule has 2 aromatic rings. The van der Waals surface area contributed by atoms with Gasteiger partial charge in [0.15, 0.2) is 5.75 Å². The molecule has 0 unspecified atom stereocenters. The zero-order chi connectivity index (χ0) is 13.3. The average molecular weight is 252 g/mol. The molecule has 5 heteroatoms. The van der Waals surface area contributed by atoms with Crippen LogP contribution in [0.15, 0.2) is 18.2 Å². The Morgan fingerprint density at radius 3 is 2.61 bits per heavy atom. The quantitative estimate of drug-likeness (QED) is 0.907. The summed E-state index contributed by atoms with van der Waals surface area (Å²) in [6.45, 7) is 0.931. The number of fused-ring (bicyclic) bond motifs is 1. The predicted molar refractivity (Wildman–Crippen MR) is 67.4 cm³/mol. The van der Waals surface area contributed by atoms with E-state index in [0.717, 1.165) is 22.3 Å². The predicted octanol–water partition coefficient (Wildman–Crippen LogP) is 3.49. The molecule has 1 heterocycles. The van der Waals surface area contributed by atoms with Crippen molar-refractivity contribution in [1.29, 1.82) is 0 Å². The van der Waals surface area contributed by atoms with E-state index in [-0.39, 0.29) is 5.75 Å². The van der Waals surface area contributed by atoms with Crippen LogP contribution in [0.3, 0.4) is 0 Å². The second-order valence-corrected chi connectivity index (χ2v) is 3.98.